The van der Waals surface area contributed by atoms with Gasteiger partial charge in [0.25, 0.3) is 11.8 Å². The summed E-state index contributed by atoms with van der Waals surface area (Å²) in [5, 5.41) is 11.1. The Labute approximate surface area is 162 Å². The van der Waals surface area contributed by atoms with E-state index in [0.29, 0.717) is 16.9 Å². The molecule has 2 aromatic rings. The Morgan fingerprint density at radius 3 is 2.46 bits per heavy atom. The van der Waals surface area contributed by atoms with Crippen molar-refractivity contribution < 1.29 is 14.4 Å². The Kier molecular flexibility index (Phi) is 5.39. The van der Waals surface area contributed by atoms with E-state index in [0.717, 1.165) is 5.56 Å². The Balaban J connectivity index is 1.85. The van der Waals surface area contributed by atoms with Crippen molar-refractivity contribution >= 4 is 34.8 Å². The molecule has 1 atom stereocenters. The monoisotopic (exact) mass is 379 g/mol. The molecule has 8 nitrogen and oxygen atoms in total. The lowest BCUT2D eigenvalue weighted by Crippen LogP contribution is -2.39. The summed E-state index contributed by atoms with van der Waals surface area (Å²) in [6.07, 6.45) is 0.101. The van der Waals surface area contributed by atoms with Gasteiger partial charge in [0, 0.05) is 24.7 Å². The van der Waals surface area contributed by atoms with Crippen LogP contribution in [0.1, 0.15) is 22.3 Å². The first-order valence-electron chi connectivity index (χ1n) is 8.76. The molecule has 144 valence electrons. The molecule has 3 amide bonds. The van der Waals surface area contributed by atoms with Gasteiger partial charge >= 0.3 is 0 Å². The number of nitrogens with zero attached hydrogens (tertiary/aromatic N) is 2. The van der Waals surface area contributed by atoms with Gasteiger partial charge in [0.2, 0.25) is 5.91 Å². The number of hydrogen-bond donors (Lipinski definition) is 3. The lowest BCUT2D eigenvalue weighted by Gasteiger charge is -2.20. The number of primary amides is 1. The summed E-state index contributed by atoms with van der Waals surface area (Å²) in [5.74, 6) is -1.26. The number of carbonyl (C=O) groups excluding carboxylic acids is 3. The van der Waals surface area contributed by atoms with Crippen LogP contribution in [0.5, 0.6) is 0 Å². The number of hydrogen-bond acceptors (Lipinski definition) is 5. The Bertz CT molecular complexity index is 956. The van der Waals surface area contributed by atoms with Gasteiger partial charge in [0.05, 0.1) is 5.69 Å². The highest BCUT2D eigenvalue weighted by Gasteiger charge is 2.35. The van der Waals surface area contributed by atoms with Gasteiger partial charge < -0.3 is 16.4 Å². The van der Waals surface area contributed by atoms with Gasteiger partial charge in [0.1, 0.15) is 11.8 Å². The predicted molar refractivity (Wildman–Crippen MR) is 107 cm³/mol. The fourth-order valence-corrected chi connectivity index (χ4v) is 2.92. The smallest absolute Gasteiger partial charge is 0.271 e. The van der Waals surface area contributed by atoms with E-state index >= 15 is 0 Å². The van der Waals surface area contributed by atoms with Crippen molar-refractivity contribution in [2.45, 2.75) is 19.4 Å². The van der Waals surface area contributed by atoms with Gasteiger partial charge in [-0.1, -0.05) is 24.3 Å². The molecule has 8 heteroatoms. The highest BCUT2D eigenvalue weighted by Crippen LogP contribution is 2.25. The fraction of sp³-hybridized carbons (Fsp3) is 0.200. The molecule has 0 aromatic heterocycles. The minimum absolute atomic E-state index is 0.101. The molecule has 4 N–H and O–H groups in total. The molecule has 0 saturated heterocycles. The molecule has 0 fully saturated rings. The molecule has 0 radical (unpaired) electrons. The summed E-state index contributed by atoms with van der Waals surface area (Å²) in [6.45, 7) is 1.82. The molecule has 2 aromatic carbocycles. The van der Waals surface area contributed by atoms with Crippen molar-refractivity contribution in [3.8, 4) is 0 Å². The maximum atomic E-state index is 12.7. The van der Waals surface area contributed by atoms with Gasteiger partial charge in [-0.25, -0.2) is 0 Å². The van der Waals surface area contributed by atoms with Gasteiger partial charge in [-0.2, -0.15) is 5.10 Å². The van der Waals surface area contributed by atoms with Crippen LogP contribution in [0.2, 0.25) is 0 Å². The Hall–Kier alpha value is -3.68. The normalized spacial score (nSPS) is 15.7. The van der Waals surface area contributed by atoms with E-state index in [-0.39, 0.29) is 18.0 Å². The first kappa shape index (κ1) is 19.1. The van der Waals surface area contributed by atoms with Crippen LogP contribution < -0.4 is 21.4 Å². The number of nitrogens with one attached hydrogen (secondary N) is 2. The zero-order chi connectivity index (χ0) is 20.3. The van der Waals surface area contributed by atoms with Crippen molar-refractivity contribution in [1.82, 2.24) is 5.32 Å². The number of amides is 3. The van der Waals surface area contributed by atoms with Crippen LogP contribution in [0.3, 0.4) is 0 Å². The van der Waals surface area contributed by atoms with E-state index in [2.05, 4.69) is 15.7 Å². The number of aryl methyl sites for hydroxylation is 1. The first-order valence-corrected chi connectivity index (χ1v) is 8.76. The van der Waals surface area contributed by atoms with Crippen LogP contribution in [0.25, 0.3) is 0 Å². The largest absolute Gasteiger partial charge is 0.368 e. The minimum atomic E-state index is -0.735. The third-order valence-electron chi connectivity index (χ3n) is 4.50. The summed E-state index contributed by atoms with van der Waals surface area (Å²) < 4.78 is 0. The number of anilines is 2. The number of para-hydroxylation sites is 1. The highest BCUT2D eigenvalue weighted by atomic mass is 16.2. The topological polar surface area (TPSA) is 117 Å². The molecular weight excluding hydrogens is 358 g/mol. The Morgan fingerprint density at radius 1 is 1.11 bits per heavy atom. The minimum Gasteiger partial charge on any atom is -0.368 e. The molecule has 28 heavy (non-hydrogen) atoms. The molecule has 0 spiro atoms. The molecule has 0 unspecified atom stereocenters. The standard InChI is InChI=1S/C20H21N5O3/c1-12-8-9-13(19(27)22-2)10-15(12)23-20(28)16-11-17(18(21)26)25(24-16)14-6-4-3-5-7-14/h3-10,17H,11H2,1-2H3,(H2,21,26)(H,22,27)(H,23,28)/t17-/m1/s1. The third kappa shape index (κ3) is 3.85. The van der Waals surface area contributed by atoms with E-state index in [1.165, 1.54) is 12.1 Å². The van der Waals surface area contributed by atoms with Gasteiger partial charge in [0.15, 0.2) is 0 Å². The second-order valence-electron chi connectivity index (χ2n) is 6.41. The SMILES string of the molecule is CNC(=O)c1ccc(C)c(NC(=O)C2=NN(c3ccccc3)[C@@H](C(N)=O)C2)c1. The molecular formula is C20H21N5O3. The maximum Gasteiger partial charge on any atom is 0.271 e. The lowest BCUT2D eigenvalue weighted by atomic mass is 10.1. The number of nitrogens with two attached hydrogens (primary N) is 1. The van der Waals surface area contributed by atoms with Crippen molar-refractivity contribution in [1.29, 1.82) is 0 Å². The number of carbonyl (C=O) groups is 3. The number of rotatable bonds is 5. The molecule has 3 rings (SSSR count). The quantitative estimate of drug-likeness (QED) is 0.728. The van der Waals surface area contributed by atoms with Crippen LogP contribution in [-0.2, 0) is 9.59 Å². The van der Waals surface area contributed by atoms with Crippen LogP contribution >= 0.6 is 0 Å². The van der Waals surface area contributed by atoms with Gasteiger partial charge in [-0.05, 0) is 36.8 Å². The van der Waals surface area contributed by atoms with Gasteiger partial charge in [-0.3, -0.25) is 19.4 Å². The van der Waals surface area contributed by atoms with Crippen LogP contribution in [0.4, 0.5) is 11.4 Å². The molecule has 1 aliphatic rings. The van der Waals surface area contributed by atoms with E-state index in [1.807, 2.05) is 25.1 Å². The second kappa shape index (κ2) is 7.91. The zero-order valence-electron chi connectivity index (χ0n) is 15.6. The van der Waals surface area contributed by atoms with Gasteiger partial charge in [-0.15, -0.1) is 0 Å². The Morgan fingerprint density at radius 2 is 1.82 bits per heavy atom. The van der Waals surface area contributed by atoms with Crippen molar-refractivity contribution in [2.75, 3.05) is 17.4 Å². The fourth-order valence-electron chi connectivity index (χ4n) is 2.92. The zero-order valence-corrected chi connectivity index (χ0v) is 15.6. The first-order chi connectivity index (χ1) is 13.4. The van der Waals surface area contributed by atoms with Crippen molar-refractivity contribution in [3.05, 3.63) is 59.7 Å². The summed E-state index contributed by atoms with van der Waals surface area (Å²) in [6, 6.07) is 13.3. The van der Waals surface area contributed by atoms with Crippen LogP contribution in [0.15, 0.2) is 53.6 Å². The molecule has 0 aliphatic carbocycles. The van der Waals surface area contributed by atoms with Crippen LogP contribution in [-0.4, -0.2) is 36.5 Å². The highest BCUT2D eigenvalue weighted by molar-refractivity contribution is 6.44. The second-order valence-corrected chi connectivity index (χ2v) is 6.41. The van der Waals surface area contributed by atoms with Crippen LogP contribution in [0, 0.1) is 6.92 Å². The summed E-state index contributed by atoms with van der Waals surface area (Å²) >= 11 is 0. The average Bonchev–Trinajstić information content (AvgIpc) is 3.15. The van der Waals surface area contributed by atoms with Crippen molar-refractivity contribution in [2.24, 2.45) is 10.8 Å². The number of hydrazone groups is 1. The third-order valence-corrected chi connectivity index (χ3v) is 4.50. The summed E-state index contributed by atoms with van der Waals surface area (Å²) in [7, 11) is 1.54. The lowest BCUT2D eigenvalue weighted by molar-refractivity contribution is -0.119. The van der Waals surface area contributed by atoms with E-state index in [9.17, 15) is 14.4 Å². The summed E-state index contributed by atoms with van der Waals surface area (Å²) in [5.41, 5.74) is 8.10. The average molecular weight is 379 g/mol. The molecule has 1 heterocycles. The molecule has 1 aliphatic heterocycles. The van der Waals surface area contributed by atoms with E-state index in [1.54, 1.807) is 30.3 Å². The molecule has 0 saturated carbocycles. The predicted octanol–water partition coefficient (Wildman–Crippen LogP) is 1.41. The maximum absolute atomic E-state index is 12.7. The van der Waals surface area contributed by atoms with E-state index in [4.69, 9.17) is 5.73 Å². The number of benzene rings is 2. The molecule has 0 bridgehead atoms. The summed E-state index contributed by atoms with van der Waals surface area (Å²) in [4.78, 5) is 36.4. The van der Waals surface area contributed by atoms with E-state index < -0.39 is 17.9 Å². The van der Waals surface area contributed by atoms with Crippen molar-refractivity contribution in [3.63, 3.8) is 0 Å².